The molecule has 22 heavy (non-hydrogen) atoms. The quantitative estimate of drug-likeness (QED) is 0.778. The van der Waals surface area contributed by atoms with Crippen LogP contribution in [0.3, 0.4) is 0 Å². The van der Waals surface area contributed by atoms with Crippen molar-refractivity contribution < 1.29 is 14.3 Å². The summed E-state index contributed by atoms with van der Waals surface area (Å²) < 4.78 is 4.77. The number of nitrogens with zero attached hydrogens (tertiary/aromatic N) is 3. The normalized spacial score (nSPS) is 22.0. The maximum Gasteiger partial charge on any atom is 0.323 e. The molecule has 1 aliphatic heterocycles. The minimum atomic E-state index is -0.296. The second-order valence-corrected chi connectivity index (χ2v) is 6.69. The van der Waals surface area contributed by atoms with Crippen molar-refractivity contribution in [3.8, 4) is 0 Å². The van der Waals surface area contributed by atoms with Gasteiger partial charge in [-0.15, -0.1) is 11.3 Å². The fraction of sp³-hybridized carbons (Fsp3) is 0.643. The van der Waals surface area contributed by atoms with Crippen LogP contribution < -0.4 is 5.32 Å². The molecule has 0 aromatic carbocycles. The first kappa shape index (κ1) is 16.9. The van der Waals surface area contributed by atoms with Crippen molar-refractivity contribution in [1.29, 1.82) is 0 Å². The standard InChI is InChI=1S/C14H22N4O3S/c1-17(2)7-12-16-10(8-22-12)13(19)15-9-5-11(14(20)21-4)18(3)6-9/h8-9,11H,5-7H2,1-4H3,(H,15,19)/t9-,11-/m0/s1. The van der Waals surface area contributed by atoms with E-state index in [-0.39, 0.29) is 24.0 Å². The van der Waals surface area contributed by atoms with Gasteiger partial charge in [-0.3, -0.25) is 14.5 Å². The lowest BCUT2D eigenvalue weighted by molar-refractivity contribution is -0.145. The first-order valence-electron chi connectivity index (χ1n) is 7.08. The van der Waals surface area contributed by atoms with E-state index in [4.69, 9.17) is 4.74 Å². The number of aromatic nitrogens is 1. The number of nitrogens with one attached hydrogen (secondary N) is 1. The van der Waals surface area contributed by atoms with Gasteiger partial charge in [-0.2, -0.15) is 0 Å². The molecule has 1 N–H and O–H groups in total. The Balaban J connectivity index is 1.92. The number of rotatable bonds is 5. The molecule has 1 amide bonds. The van der Waals surface area contributed by atoms with Gasteiger partial charge in [0.25, 0.3) is 5.91 Å². The summed E-state index contributed by atoms with van der Waals surface area (Å²) in [5, 5.41) is 5.62. The van der Waals surface area contributed by atoms with Crippen LogP contribution in [0, 0.1) is 0 Å². The molecule has 1 aliphatic rings. The first-order valence-corrected chi connectivity index (χ1v) is 7.96. The predicted octanol–water partition coefficient (Wildman–Crippen LogP) is 0.180. The van der Waals surface area contributed by atoms with E-state index in [1.165, 1.54) is 18.4 Å². The molecular weight excluding hydrogens is 304 g/mol. The smallest absolute Gasteiger partial charge is 0.323 e. The molecule has 1 fully saturated rings. The predicted molar refractivity (Wildman–Crippen MR) is 83.8 cm³/mol. The summed E-state index contributed by atoms with van der Waals surface area (Å²) in [6.45, 7) is 1.34. The molecule has 2 heterocycles. The van der Waals surface area contributed by atoms with Gasteiger partial charge in [-0.1, -0.05) is 0 Å². The van der Waals surface area contributed by atoms with Crippen molar-refractivity contribution in [1.82, 2.24) is 20.1 Å². The van der Waals surface area contributed by atoms with Crippen molar-refractivity contribution in [2.75, 3.05) is 34.8 Å². The van der Waals surface area contributed by atoms with Crippen LogP contribution in [0.25, 0.3) is 0 Å². The third kappa shape index (κ3) is 4.02. The van der Waals surface area contributed by atoms with E-state index in [1.54, 1.807) is 5.38 Å². The Hall–Kier alpha value is -1.51. The van der Waals surface area contributed by atoms with Crippen molar-refractivity contribution >= 4 is 23.2 Å². The van der Waals surface area contributed by atoms with Gasteiger partial charge in [0.1, 0.15) is 16.7 Å². The van der Waals surface area contributed by atoms with Crippen molar-refractivity contribution in [3.05, 3.63) is 16.1 Å². The Morgan fingerprint density at radius 2 is 2.27 bits per heavy atom. The molecule has 0 radical (unpaired) electrons. The Morgan fingerprint density at radius 3 is 2.91 bits per heavy atom. The van der Waals surface area contributed by atoms with Crippen LogP contribution in [0.5, 0.6) is 0 Å². The summed E-state index contributed by atoms with van der Waals surface area (Å²) in [4.78, 5) is 32.1. The van der Waals surface area contributed by atoms with E-state index in [9.17, 15) is 9.59 Å². The van der Waals surface area contributed by atoms with Gasteiger partial charge in [0.15, 0.2) is 0 Å². The summed E-state index contributed by atoms with van der Waals surface area (Å²) in [5.41, 5.74) is 0.436. The van der Waals surface area contributed by atoms with Gasteiger partial charge in [0.2, 0.25) is 0 Å². The molecule has 7 nitrogen and oxygen atoms in total. The van der Waals surface area contributed by atoms with E-state index in [0.717, 1.165) is 5.01 Å². The van der Waals surface area contributed by atoms with Gasteiger partial charge in [-0.05, 0) is 27.6 Å². The minimum Gasteiger partial charge on any atom is -0.468 e. The molecule has 1 aromatic heterocycles. The van der Waals surface area contributed by atoms with Gasteiger partial charge >= 0.3 is 5.97 Å². The molecule has 2 rings (SSSR count). The number of ether oxygens (including phenoxy) is 1. The van der Waals surface area contributed by atoms with Crippen LogP contribution in [0.15, 0.2) is 5.38 Å². The summed E-state index contributed by atoms with van der Waals surface area (Å²) in [6, 6.07) is -0.365. The molecule has 0 bridgehead atoms. The van der Waals surface area contributed by atoms with E-state index in [1.807, 2.05) is 30.9 Å². The second kappa shape index (κ2) is 7.17. The van der Waals surface area contributed by atoms with E-state index in [0.29, 0.717) is 25.2 Å². The maximum absolute atomic E-state index is 12.2. The fourth-order valence-electron chi connectivity index (χ4n) is 2.53. The van der Waals surface area contributed by atoms with Crippen LogP contribution in [0.4, 0.5) is 0 Å². The largest absolute Gasteiger partial charge is 0.468 e. The molecule has 0 saturated carbocycles. The van der Waals surface area contributed by atoms with Crippen LogP contribution in [-0.4, -0.2) is 73.5 Å². The summed E-state index contributed by atoms with van der Waals surface area (Å²) in [7, 11) is 7.15. The molecule has 1 aromatic rings. The number of hydrogen-bond donors (Lipinski definition) is 1. The van der Waals surface area contributed by atoms with Gasteiger partial charge in [-0.25, -0.2) is 4.98 Å². The Kier molecular flexibility index (Phi) is 5.49. The number of hydrogen-bond acceptors (Lipinski definition) is 7. The zero-order chi connectivity index (χ0) is 16.3. The fourth-order valence-corrected chi connectivity index (χ4v) is 3.42. The highest BCUT2D eigenvalue weighted by Gasteiger charge is 2.36. The van der Waals surface area contributed by atoms with Crippen molar-refractivity contribution in [2.24, 2.45) is 0 Å². The number of carbonyl (C=O) groups is 2. The lowest BCUT2D eigenvalue weighted by Crippen LogP contribution is -2.36. The second-order valence-electron chi connectivity index (χ2n) is 5.75. The third-order valence-corrected chi connectivity index (χ3v) is 4.43. The number of esters is 1. The number of thiazole rings is 1. The van der Waals surface area contributed by atoms with Crippen LogP contribution in [0.1, 0.15) is 21.9 Å². The number of amides is 1. The molecule has 122 valence electrons. The molecule has 8 heteroatoms. The number of methoxy groups -OCH3 is 1. The zero-order valence-corrected chi connectivity index (χ0v) is 14.1. The Bertz CT molecular complexity index is 546. The highest BCUT2D eigenvalue weighted by atomic mass is 32.1. The van der Waals surface area contributed by atoms with Crippen molar-refractivity contribution in [3.63, 3.8) is 0 Å². The van der Waals surface area contributed by atoms with Gasteiger partial charge in [0, 0.05) is 24.5 Å². The number of likely N-dealkylation sites (N-methyl/N-ethyl adjacent to an activating group) is 1. The maximum atomic E-state index is 12.2. The average molecular weight is 326 g/mol. The van der Waals surface area contributed by atoms with Gasteiger partial charge in [0.05, 0.1) is 7.11 Å². The topological polar surface area (TPSA) is 74.8 Å². The number of carbonyl (C=O) groups excluding carboxylic acids is 2. The molecule has 2 atom stereocenters. The SMILES string of the molecule is COC(=O)[C@@H]1C[C@H](NC(=O)c2csc(CN(C)C)n2)CN1C. The van der Waals surface area contributed by atoms with Crippen LogP contribution >= 0.6 is 11.3 Å². The van der Waals surface area contributed by atoms with E-state index >= 15 is 0 Å². The van der Waals surface area contributed by atoms with E-state index < -0.39 is 0 Å². The highest BCUT2D eigenvalue weighted by Crippen LogP contribution is 2.18. The summed E-state index contributed by atoms with van der Waals surface area (Å²) in [6.07, 6.45) is 0.559. The first-order chi connectivity index (χ1) is 10.4. The number of likely N-dealkylation sites (tertiary alicyclic amines) is 1. The van der Waals surface area contributed by atoms with Crippen LogP contribution in [0.2, 0.25) is 0 Å². The molecule has 0 spiro atoms. The average Bonchev–Trinajstić information content (AvgIpc) is 3.04. The summed E-state index contributed by atoms with van der Waals surface area (Å²) in [5.74, 6) is -0.452. The zero-order valence-electron chi connectivity index (χ0n) is 13.3. The third-order valence-electron chi connectivity index (χ3n) is 3.59. The summed E-state index contributed by atoms with van der Waals surface area (Å²) >= 11 is 1.48. The monoisotopic (exact) mass is 326 g/mol. The molecule has 1 saturated heterocycles. The molecule has 0 unspecified atom stereocenters. The highest BCUT2D eigenvalue weighted by molar-refractivity contribution is 7.09. The lowest BCUT2D eigenvalue weighted by atomic mass is 10.1. The Morgan fingerprint density at radius 1 is 1.55 bits per heavy atom. The van der Waals surface area contributed by atoms with E-state index in [2.05, 4.69) is 10.3 Å². The Labute approximate surface area is 134 Å². The molecular formula is C14H22N4O3S. The lowest BCUT2D eigenvalue weighted by Gasteiger charge is -2.15. The van der Waals surface area contributed by atoms with Crippen molar-refractivity contribution in [2.45, 2.75) is 25.0 Å². The van der Waals surface area contributed by atoms with Gasteiger partial charge < -0.3 is 15.0 Å². The minimum absolute atomic E-state index is 0.0689. The molecule has 0 aliphatic carbocycles. The van der Waals surface area contributed by atoms with Crippen LogP contribution in [-0.2, 0) is 16.1 Å².